The molecule has 2 nitrogen and oxygen atoms in total. The van der Waals surface area contributed by atoms with Crippen molar-refractivity contribution in [1.82, 2.24) is 0 Å². The lowest BCUT2D eigenvalue weighted by atomic mass is 9.99. The molecule has 3 aromatic rings. The van der Waals surface area contributed by atoms with Gasteiger partial charge in [0.25, 0.3) is 0 Å². The third kappa shape index (κ3) is 3.78. The van der Waals surface area contributed by atoms with Crippen LogP contribution in [0.1, 0.15) is 16.7 Å². The van der Waals surface area contributed by atoms with Crippen molar-refractivity contribution in [3.05, 3.63) is 88.4 Å². The summed E-state index contributed by atoms with van der Waals surface area (Å²) in [5.41, 5.74) is 11.3. The first-order chi connectivity index (χ1) is 11.7. The molecule has 0 fully saturated rings. The van der Waals surface area contributed by atoms with Gasteiger partial charge in [-0.05, 0) is 53.4 Å². The van der Waals surface area contributed by atoms with Gasteiger partial charge in [-0.2, -0.15) is 0 Å². The molecule has 0 heterocycles. The maximum atomic E-state index is 6.11. The molecule has 0 aliphatic rings. The molecule has 0 aromatic heterocycles. The van der Waals surface area contributed by atoms with Crippen molar-refractivity contribution in [2.45, 2.75) is 20.1 Å². The minimum absolute atomic E-state index is 0.430. The number of halogens is 1. The predicted octanol–water partition coefficient (Wildman–Crippen LogP) is 5.35. The van der Waals surface area contributed by atoms with Gasteiger partial charge in [-0.25, -0.2) is 0 Å². The van der Waals surface area contributed by atoms with Crippen molar-refractivity contribution in [1.29, 1.82) is 0 Å². The molecule has 0 unspecified atom stereocenters. The van der Waals surface area contributed by atoms with Gasteiger partial charge in [0.15, 0.2) is 0 Å². The van der Waals surface area contributed by atoms with Crippen LogP contribution in [0.25, 0.3) is 11.1 Å². The molecule has 122 valence electrons. The molecule has 0 saturated heterocycles. The molecular weight excluding hydrogens is 318 g/mol. The number of rotatable bonds is 5. The standard InChI is InChI=1S/C21H20ClNO/c1-15-10-18(17-8-5-9-20(22)12-17)11-19(13-23)21(15)24-14-16-6-3-2-4-7-16/h2-12H,13-14,23H2,1H3. The van der Waals surface area contributed by atoms with E-state index < -0.39 is 0 Å². The molecule has 3 aromatic carbocycles. The highest BCUT2D eigenvalue weighted by molar-refractivity contribution is 6.30. The summed E-state index contributed by atoms with van der Waals surface area (Å²) in [6.07, 6.45) is 0. The quantitative estimate of drug-likeness (QED) is 0.680. The first-order valence-electron chi connectivity index (χ1n) is 7.93. The first kappa shape index (κ1) is 16.6. The monoisotopic (exact) mass is 337 g/mol. The Morgan fingerprint density at radius 3 is 2.42 bits per heavy atom. The van der Waals surface area contributed by atoms with Crippen LogP contribution in [0.3, 0.4) is 0 Å². The molecule has 0 atom stereocenters. The minimum Gasteiger partial charge on any atom is -0.488 e. The second-order valence-corrected chi connectivity index (χ2v) is 6.21. The zero-order valence-corrected chi connectivity index (χ0v) is 14.4. The Hall–Kier alpha value is -2.29. The number of benzene rings is 3. The van der Waals surface area contributed by atoms with E-state index in [0.717, 1.165) is 38.6 Å². The number of ether oxygens (including phenoxy) is 1. The Bertz CT molecular complexity index is 830. The average Bonchev–Trinajstić information content (AvgIpc) is 2.61. The van der Waals surface area contributed by atoms with Crippen molar-refractivity contribution < 1.29 is 4.74 Å². The molecule has 0 aliphatic carbocycles. The third-order valence-electron chi connectivity index (χ3n) is 3.96. The third-order valence-corrected chi connectivity index (χ3v) is 4.19. The molecule has 0 radical (unpaired) electrons. The van der Waals surface area contributed by atoms with Crippen LogP contribution in [0, 0.1) is 6.92 Å². The molecular formula is C21H20ClNO. The van der Waals surface area contributed by atoms with Crippen LogP contribution in [0.15, 0.2) is 66.7 Å². The van der Waals surface area contributed by atoms with Crippen LogP contribution in [-0.4, -0.2) is 0 Å². The maximum absolute atomic E-state index is 6.11. The zero-order chi connectivity index (χ0) is 16.9. The minimum atomic E-state index is 0.430. The molecule has 0 amide bonds. The van der Waals surface area contributed by atoms with Crippen LogP contribution in [0.5, 0.6) is 5.75 Å². The van der Waals surface area contributed by atoms with Gasteiger partial charge in [-0.3, -0.25) is 0 Å². The fourth-order valence-corrected chi connectivity index (χ4v) is 2.96. The van der Waals surface area contributed by atoms with Crippen molar-refractivity contribution >= 4 is 11.6 Å². The molecule has 24 heavy (non-hydrogen) atoms. The van der Waals surface area contributed by atoms with Gasteiger partial charge < -0.3 is 10.5 Å². The molecule has 0 saturated carbocycles. The lowest BCUT2D eigenvalue weighted by molar-refractivity contribution is 0.301. The summed E-state index contributed by atoms with van der Waals surface area (Å²) in [6, 6.07) is 22.2. The lowest BCUT2D eigenvalue weighted by Crippen LogP contribution is -2.05. The van der Waals surface area contributed by atoms with E-state index in [1.54, 1.807) is 0 Å². The van der Waals surface area contributed by atoms with Crippen LogP contribution >= 0.6 is 11.6 Å². The maximum Gasteiger partial charge on any atom is 0.127 e. The fourth-order valence-electron chi connectivity index (χ4n) is 2.77. The summed E-state index contributed by atoms with van der Waals surface area (Å²) in [7, 11) is 0. The molecule has 2 N–H and O–H groups in total. The highest BCUT2D eigenvalue weighted by atomic mass is 35.5. The van der Waals surface area contributed by atoms with E-state index in [4.69, 9.17) is 22.1 Å². The Balaban J connectivity index is 1.90. The molecule has 3 heteroatoms. The Morgan fingerprint density at radius 2 is 1.71 bits per heavy atom. The number of hydrogen-bond acceptors (Lipinski definition) is 2. The Kier molecular flexibility index (Phi) is 5.19. The van der Waals surface area contributed by atoms with Crippen LogP contribution in [-0.2, 0) is 13.2 Å². The smallest absolute Gasteiger partial charge is 0.127 e. The average molecular weight is 338 g/mol. The van der Waals surface area contributed by atoms with Crippen LogP contribution in [0.2, 0.25) is 5.02 Å². The summed E-state index contributed by atoms with van der Waals surface area (Å²) in [4.78, 5) is 0. The molecule has 3 rings (SSSR count). The number of nitrogens with two attached hydrogens (primary N) is 1. The van der Waals surface area contributed by atoms with E-state index in [2.05, 4.69) is 24.3 Å². The lowest BCUT2D eigenvalue weighted by Gasteiger charge is -2.16. The summed E-state index contributed by atoms with van der Waals surface area (Å²) < 4.78 is 6.05. The zero-order valence-electron chi connectivity index (χ0n) is 13.6. The van der Waals surface area contributed by atoms with Crippen molar-refractivity contribution in [2.75, 3.05) is 0 Å². The summed E-state index contributed by atoms with van der Waals surface area (Å²) >= 11 is 6.11. The molecule has 0 bridgehead atoms. The second-order valence-electron chi connectivity index (χ2n) is 5.77. The van der Waals surface area contributed by atoms with Crippen LogP contribution < -0.4 is 10.5 Å². The number of hydrogen-bond donors (Lipinski definition) is 1. The summed E-state index contributed by atoms with van der Waals surface area (Å²) in [5.74, 6) is 0.868. The second kappa shape index (κ2) is 7.52. The van der Waals surface area contributed by atoms with Crippen molar-refractivity contribution in [3.63, 3.8) is 0 Å². The molecule has 0 aliphatic heterocycles. The van der Waals surface area contributed by atoms with E-state index in [1.807, 2.05) is 49.4 Å². The molecule has 0 spiro atoms. The topological polar surface area (TPSA) is 35.2 Å². The summed E-state index contributed by atoms with van der Waals surface area (Å²) in [6.45, 7) is 3.01. The van der Waals surface area contributed by atoms with Crippen molar-refractivity contribution in [3.8, 4) is 16.9 Å². The Morgan fingerprint density at radius 1 is 0.917 bits per heavy atom. The van der Waals surface area contributed by atoms with Gasteiger partial charge in [0.2, 0.25) is 0 Å². The van der Waals surface area contributed by atoms with E-state index in [-0.39, 0.29) is 0 Å². The van der Waals surface area contributed by atoms with Crippen LogP contribution in [0.4, 0.5) is 0 Å². The SMILES string of the molecule is Cc1cc(-c2cccc(Cl)c2)cc(CN)c1OCc1ccccc1. The van der Waals surface area contributed by atoms with Gasteiger partial charge in [0.1, 0.15) is 12.4 Å². The van der Waals surface area contributed by atoms with Gasteiger partial charge in [-0.1, -0.05) is 54.1 Å². The van der Waals surface area contributed by atoms with Crippen molar-refractivity contribution in [2.24, 2.45) is 5.73 Å². The number of aryl methyl sites for hydroxylation is 1. The predicted molar refractivity (Wildman–Crippen MR) is 100 cm³/mol. The van der Waals surface area contributed by atoms with E-state index in [1.165, 1.54) is 0 Å². The van der Waals surface area contributed by atoms with E-state index in [9.17, 15) is 0 Å². The Labute approximate surface area is 147 Å². The highest BCUT2D eigenvalue weighted by Crippen LogP contribution is 2.32. The summed E-state index contributed by atoms with van der Waals surface area (Å²) in [5, 5.41) is 0.726. The first-order valence-corrected chi connectivity index (χ1v) is 8.31. The normalized spacial score (nSPS) is 10.6. The van der Waals surface area contributed by atoms with Gasteiger partial charge in [0, 0.05) is 17.1 Å². The van der Waals surface area contributed by atoms with Gasteiger partial charge in [-0.15, -0.1) is 0 Å². The van der Waals surface area contributed by atoms with Gasteiger partial charge >= 0.3 is 0 Å². The van der Waals surface area contributed by atoms with E-state index >= 15 is 0 Å². The van der Waals surface area contributed by atoms with Gasteiger partial charge in [0.05, 0.1) is 0 Å². The fraction of sp³-hybridized carbons (Fsp3) is 0.143. The highest BCUT2D eigenvalue weighted by Gasteiger charge is 2.10. The van der Waals surface area contributed by atoms with E-state index in [0.29, 0.717) is 13.2 Å². The largest absolute Gasteiger partial charge is 0.488 e.